The lowest BCUT2D eigenvalue weighted by molar-refractivity contribution is -0.137. The average molecular weight is 292 g/mol. The molecule has 0 aliphatic heterocycles. The van der Waals surface area contributed by atoms with Gasteiger partial charge in [-0.3, -0.25) is 4.79 Å². The highest BCUT2D eigenvalue weighted by Crippen LogP contribution is 2.10. The van der Waals surface area contributed by atoms with Gasteiger partial charge >= 0.3 is 5.97 Å². The van der Waals surface area contributed by atoms with Gasteiger partial charge in [0.2, 0.25) is 0 Å². The zero-order chi connectivity index (χ0) is 16.1. The van der Waals surface area contributed by atoms with Gasteiger partial charge in [0, 0.05) is 19.6 Å². The first-order chi connectivity index (χ1) is 9.60. The third kappa shape index (κ3) is 43.3. The monoisotopic (exact) mass is 292 g/mol. The van der Waals surface area contributed by atoms with Crippen molar-refractivity contribution in [3.05, 3.63) is 0 Å². The molecule has 0 saturated carbocycles. The molecule has 0 aliphatic carbocycles. The topological polar surface area (TPSA) is 77.8 Å². The van der Waals surface area contributed by atoms with Gasteiger partial charge in [0.15, 0.2) is 0 Å². The van der Waals surface area contributed by atoms with Crippen LogP contribution in [0.3, 0.4) is 0 Å². The molecule has 4 heteroatoms. The number of unbranched alkanes of at least 4 members (excludes halogenated alkanes) is 8. The maximum Gasteiger partial charge on any atom is 0.303 e. The summed E-state index contributed by atoms with van der Waals surface area (Å²) in [6.45, 7) is 6.09. The first kappa shape index (κ1) is 24.4. The minimum atomic E-state index is -0.659. The van der Waals surface area contributed by atoms with Crippen LogP contribution >= 0.6 is 0 Å². The Kier molecular flexibility index (Phi) is 32.8. The van der Waals surface area contributed by atoms with E-state index in [9.17, 15) is 4.79 Å². The molecule has 0 saturated heterocycles. The van der Waals surface area contributed by atoms with E-state index in [1.807, 2.05) is 0 Å². The summed E-state index contributed by atoms with van der Waals surface area (Å²) in [6.07, 6.45) is 11.5. The van der Waals surface area contributed by atoms with Crippen molar-refractivity contribution in [3.8, 4) is 0 Å². The highest BCUT2D eigenvalue weighted by molar-refractivity contribution is 5.66. The van der Waals surface area contributed by atoms with Gasteiger partial charge in [-0.05, 0) is 20.3 Å². The normalized spacial score (nSPS) is 9.05. The second-order valence-corrected chi connectivity index (χ2v) is 4.60. The van der Waals surface area contributed by atoms with Crippen molar-refractivity contribution < 1.29 is 20.1 Å². The van der Waals surface area contributed by atoms with Crippen LogP contribution in [0.15, 0.2) is 0 Å². The van der Waals surface area contributed by atoms with E-state index in [1.54, 1.807) is 13.8 Å². The van der Waals surface area contributed by atoms with E-state index in [4.69, 9.17) is 15.3 Å². The molecule has 0 aromatic carbocycles. The Balaban J connectivity index is -0.000000408. The van der Waals surface area contributed by atoms with E-state index in [0.717, 1.165) is 12.8 Å². The number of hydrogen-bond donors (Lipinski definition) is 3. The molecule has 0 fully saturated rings. The van der Waals surface area contributed by atoms with Crippen LogP contribution in [-0.4, -0.2) is 34.5 Å². The molecule has 0 rings (SSSR count). The van der Waals surface area contributed by atoms with E-state index in [0.29, 0.717) is 6.42 Å². The van der Waals surface area contributed by atoms with E-state index < -0.39 is 5.97 Å². The van der Waals surface area contributed by atoms with Crippen LogP contribution in [0, 0.1) is 0 Å². The molecule has 20 heavy (non-hydrogen) atoms. The van der Waals surface area contributed by atoms with Gasteiger partial charge < -0.3 is 15.3 Å². The molecule has 0 amide bonds. The van der Waals surface area contributed by atoms with E-state index >= 15 is 0 Å². The average Bonchev–Trinajstić information content (AvgIpc) is 2.38. The Morgan fingerprint density at radius 3 is 1.30 bits per heavy atom. The molecule has 0 atom stereocenters. The summed E-state index contributed by atoms with van der Waals surface area (Å²) in [6, 6.07) is 0. The summed E-state index contributed by atoms with van der Waals surface area (Å²) in [5.74, 6) is -0.659. The lowest BCUT2D eigenvalue weighted by Gasteiger charge is -2.00. The molecule has 3 N–H and O–H groups in total. The second kappa shape index (κ2) is 26.9. The van der Waals surface area contributed by atoms with Gasteiger partial charge in [0.1, 0.15) is 0 Å². The molecule has 0 aliphatic rings. The number of carboxylic acids is 1. The number of rotatable bonds is 10. The molecule has 0 bridgehead atoms. The Bertz CT molecular complexity index is 159. The molecular formula is C16H36O4. The zero-order valence-electron chi connectivity index (χ0n) is 13.7. The molecule has 0 aromatic heterocycles. The van der Waals surface area contributed by atoms with Gasteiger partial charge in [-0.25, -0.2) is 0 Å². The predicted molar refractivity (Wildman–Crippen MR) is 85.0 cm³/mol. The maximum absolute atomic E-state index is 10.2. The lowest BCUT2D eigenvalue weighted by atomic mass is 10.1. The van der Waals surface area contributed by atoms with Crippen LogP contribution in [-0.2, 0) is 4.79 Å². The number of aliphatic hydroxyl groups excluding tert-OH is 2. The molecule has 124 valence electrons. The van der Waals surface area contributed by atoms with Gasteiger partial charge in [0.05, 0.1) is 0 Å². The van der Waals surface area contributed by atoms with Gasteiger partial charge in [0.25, 0.3) is 0 Å². The van der Waals surface area contributed by atoms with Crippen LogP contribution in [0.25, 0.3) is 0 Å². The fourth-order valence-corrected chi connectivity index (χ4v) is 1.59. The number of carboxylic acid groups (broad SMARTS) is 1. The Labute approximate surface area is 125 Å². The summed E-state index contributed by atoms with van der Waals surface area (Å²) in [4.78, 5) is 10.2. The molecule has 0 radical (unpaired) electrons. The summed E-state index contributed by atoms with van der Waals surface area (Å²) in [7, 11) is 0. The summed E-state index contributed by atoms with van der Waals surface area (Å²) in [5, 5.41) is 23.6. The number of aliphatic carboxylic acids is 1. The standard InChI is InChI=1S/C12H24O2.2C2H6O/c1-2-3-4-5-6-7-8-9-10-11-12(13)14;2*1-2-3/h2-11H2,1H3,(H,13,14);2*3H,2H2,1H3. The molecule has 0 aromatic rings. The molecule has 0 heterocycles. The highest BCUT2D eigenvalue weighted by Gasteiger charge is 1.96. The molecule has 4 nitrogen and oxygen atoms in total. The van der Waals surface area contributed by atoms with Crippen LogP contribution in [0.4, 0.5) is 0 Å². The van der Waals surface area contributed by atoms with Crippen LogP contribution in [0.5, 0.6) is 0 Å². The third-order valence-electron chi connectivity index (χ3n) is 2.49. The predicted octanol–water partition coefficient (Wildman–Crippen LogP) is 3.99. The van der Waals surface area contributed by atoms with E-state index in [1.165, 1.54) is 44.9 Å². The minimum absolute atomic E-state index is 0.250. The largest absolute Gasteiger partial charge is 0.481 e. The van der Waals surface area contributed by atoms with Crippen LogP contribution < -0.4 is 0 Å². The first-order valence-corrected chi connectivity index (χ1v) is 8.04. The third-order valence-corrected chi connectivity index (χ3v) is 2.49. The van der Waals surface area contributed by atoms with E-state index in [-0.39, 0.29) is 13.2 Å². The maximum atomic E-state index is 10.2. The van der Waals surface area contributed by atoms with Crippen molar-refractivity contribution in [2.45, 2.75) is 85.0 Å². The summed E-state index contributed by atoms with van der Waals surface area (Å²) >= 11 is 0. The minimum Gasteiger partial charge on any atom is -0.481 e. The van der Waals surface area contributed by atoms with Crippen LogP contribution in [0.2, 0.25) is 0 Å². The Morgan fingerprint density at radius 1 is 0.700 bits per heavy atom. The smallest absolute Gasteiger partial charge is 0.303 e. The van der Waals surface area contributed by atoms with Crippen LogP contribution in [0.1, 0.15) is 85.0 Å². The quantitative estimate of drug-likeness (QED) is 0.532. The fourth-order valence-electron chi connectivity index (χ4n) is 1.59. The SMILES string of the molecule is CCCCCCCCCCCC(=O)O.CCO.CCO. The number of hydrogen-bond acceptors (Lipinski definition) is 3. The summed E-state index contributed by atoms with van der Waals surface area (Å²) < 4.78 is 0. The van der Waals surface area contributed by atoms with Crippen molar-refractivity contribution in [2.24, 2.45) is 0 Å². The molecule has 0 spiro atoms. The first-order valence-electron chi connectivity index (χ1n) is 8.04. The van der Waals surface area contributed by atoms with Crippen molar-refractivity contribution in [1.29, 1.82) is 0 Å². The van der Waals surface area contributed by atoms with E-state index in [2.05, 4.69) is 6.92 Å². The lowest BCUT2D eigenvalue weighted by Crippen LogP contribution is -1.93. The summed E-state index contributed by atoms with van der Waals surface area (Å²) in [5.41, 5.74) is 0. The molecule has 0 unspecified atom stereocenters. The number of carbonyl (C=O) groups is 1. The van der Waals surface area contributed by atoms with Crippen molar-refractivity contribution in [3.63, 3.8) is 0 Å². The van der Waals surface area contributed by atoms with Gasteiger partial charge in [-0.15, -0.1) is 0 Å². The Hall–Kier alpha value is -0.610. The fraction of sp³-hybridized carbons (Fsp3) is 0.938. The van der Waals surface area contributed by atoms with Crippen molar-refractivity contribution >= 4 is 5.97 Å². The Morgan fingerprint density at radius 2 is 1.00 bits per heavy atom. The van der Waals surface area contributed by atoms with Crippen molar-refractivity contribution in [1.82, 2.24) is 0 Å². The zero-order valence-corrected chi connectivity index (χ0v) is 13.7. The number of aliphatic hydroxyl groups is 2. The van der Waals surface area contributed by atoms with Gasteiger partial charge in [-0.2, -0.15) is 0 Å². The second-order valence-electron chi connectivity index (χ2n) is 4.60. The highest BCUT2D eigenvalue weighted by atomic mass is 16.4. The van der Waals surface area contributed by atoms with Gasteiger partial charge in [-0.1, -0.05) is 58.3 Å². The molecular weight excluding hydrogens is 256 g/mol. The van der Waals surface area contributed by atoms with Crippen molar-refractivity contribution in [2.75, 3.05) is 13.2 Å².